The SMILES string of the molecule is CCCCCCCCn1nnc(CCC)c1-c1ccccc1. The molecule has 2 aromatic rings. The average molecular weight is 299 g/mol. The maximum Gasteiger partial charge on any atom is 0.0917 e. The summed E-state index contributed by atoms with van der Waals surface area (Å²) in [5.41, 5.74) is 3.60. The van der Waals surface area contributed by atoms with Crippen LogP contribution in [0.5, 0.6) is 0 Å². The van der Waals surface area contributed by atoms with E-state index in [1.54, 1.807) is 0 Å². The van der Waals surface area contributed by atoms with Gasteiger partial charge in [-0.15, -0.1) is 5.10 Å². The van der Waals surface area contributed by atoms with E-state index in [-0.39, 0.29) is 0 Å². The molecule has 0 unspecified atom stereocenters. The molecular weight excluding hydrogens is 270 g/mol. The highest BCUT2D eigenvalue weighted by molar-refractivity contribution is 5.61. The molecule has 3 heteroatoms. The van der Waals surface area contributed by atoms with Crippen molar-refractivity contribution in [1.29, 1.82) is 0 Å². The van der Waals surface area contributed by atoms with Crippen molar-refractivity contribution < 1.29 is 0 Å². The van der Waals surface area contributed by atoms with Gasteiger partial charge in [0, 0.05) is 12.1 Å². The van der Waals surface area contributed by atoms with Gasteiger partial charge in [0.2, 0.25) is 0 Å². The van der Waals surface area contributed by atoms with Crippen molar-refractivity contribution >= 4 is 0 Å². The zero-order chi connectivity index (χ0) is 15.6. The molecule has 0 aliphatic heterocycles. The van der Waals surface area contributed by atoms with Gasteiger partial charge in [-0.05, 0) is 12.8 Å². The smallest absolute Gasteiger partial charge is 0.0917 e. The summed E-state index contributed by atoms with van der Waals surface area (Å²) in [4.78, 5) is 0. The van der Waals surface area contributed by atoms with E-state index in [9.17, 15) is 0 Å². The second-order valence-corrected chi connectivity index (χ2v) is 5.99. The highest BCUT2D eigenvalue weighted by atomic mass is 15.4. The predicted octanol–water partition coefficient (Wildman–Crippen LogP) is 5.26. The van der Waals surface area contributed by atoms with Crippen LogP contribution in [0.25, 0.3) is 11.3 Å². The maximum absolute atomic E-state index is 4.42. The summed E-state index contributed by atoms with van der Waals surface area (Å²) in [5.74, 6) is 0. The van der Waals surface area contributed by atoms with E-state index in [4.69, 9.17) is 0 Å². The maximum atomic E-state index is 4.42. The molecule has 2 rings (SSSR count). The summed E-state index contributed by atoms with van der Waals surface area (Å²) in [6.07, 6.45) is 9.96. The Labute approximate surface area is 134 Å². The molecule has 3 nitrogen and oxygen atoms in total. The normalized spacial score (nSPS) is 11.0. The van der Waals surface area contributed by atoms with Crippen molar-refractivity contribution in [1.82, 2.24) is 15.0 Å². The minimum absolute atomic E-state index is 0.979. The molecule has 1 aromatic carbocycles. The third-order valence-electron chi connectivity index (χ3n) is 4.06. The van der Waals surface area contributed by atoms with Gasteiger partial charge in [0.1, 0.15) is 0 Å². The Bertz CT molecular complexity index is 531. The van der Waals surface area contributed by atoms with Gasteiger partial charge in [0.05, 0.1) is 11.4 Å². The van der Waals surface area contributed by atoms with Crippen molar-refractivity contribution in [3.8, 4) is 11.3 Å². The number of aromatic nitrogens is 3. The zero-order valence-corrected chi connectivity index (χ0v) is 14.1. The molecule has 0 atom stereocenters. The Morgan fingerprint density at radius 2 is 1.59 bits per heavy atom. The molecule has 1 aromatic heterocycles. The van der Waals surface area contributed by atoms with Crippen molar-refractivity contribution in [3.63, 3.8) is 0 Å². The number of hydrogen-bond donors (Lipinski definition) is 0. The Morgan fingerprint density at radius 1 is 0.864 bits per heavy atom. The summed E-state index contributed by atoms with van der Waals surface area (Å²) in [7, 11) is 0. The lowest BCUT2D eigenvalue weighted by Gasteiger charge is -2.08. The molecule has 22 heavy (non-hydrogen) atoms. The molecule has 0 spiro atoms. The van der Waals surface area contributed by atoms with E-state index < -0.39 is 0 Å². The fraction of sp³-hybridized carbons (Fsp3) is 0.579. The van der Waals surface area contributed by atoms with Gasteiger partial charge >= 0.3 is 0 Å². The van der Waals surface area contributed by atoms with Crippen LogP contribution < -0.4 is 0 Å². The lowest BCUT2D eigenvalue weighted by molar-refractivity contribution is 0.519. The van der Waals surface area contributed by atoms with Crippen molar-refractivity contribution in [2.24, 2.45) is 0 Å². The monoisotopic (exact) mass is 299 g/mol. The number of rotatable bonds is 10. The Hall–Kier alpha value is -1.64. The third kappa shape index (κ3) is 4.69. The van der Waals surface area contributed by atoms with Gasteiger partial charge in [-0.1, -0.05) is 87.9 Å². The van der Waals surface area contributed by atoms with Gasteiger partial charge in [-0.3, -0.25) is 0 Å². The van der Waals surface area contributed by atoms with Gasteiger partial charge in [-0.25, -0.2) is 4.68 Å². The number of nitrogens with zero attached hydrogens (tertiary/aromatic N) is 3. The first-order chi connectivity index (χ1) is 10.9. The molecule has 1 heterocycles. The van der Waals surface area contributed by atoms with Gasteiger partial charge in [0.25, 0.3) is 0 Å². The molecule has 0 aliphatic carbocycles. The van der Waals surface area contributed by atoms with Crippen LogP contribution in [0.1, 0.15) is 64.5 Å². The van der Waals surface area contributed by atoms with E-state index in [0.29, 0.717) is 0 Å². The summed E-state index contributed by atoms with van der Waals surface area (Å²) in [5, 5.41) is 8.84. The zero-order valence-electron chi connectivity index (χ0n) is 14.1. The van der Waals surface area contributed by atoms with Crippen LogP contribution in [0.4, 0.5) is 0 Å². The molecule has 0 amide bonds. The minimum Gasteiger partial charge on any atom is -0.244 e. The molecule has 0 saturated carbocycles. The Kier molecular flexibility index (Phi) is 7.14. The second kappa shape index (κ2) is 9.39. The molecule has 120 valence electrons. The number of hydrogen-bond acceptors (Lipinski definition) is 2. The van der Waals surface area contributed by atoms with Crippen molar-refractivity contribution in [3.05, 3.63) is 36.0 Å². The Balaban J connectivity index is 2.01. The van der Waals surface area contributed by atoms with Crippen LogP contribution in [0.15, 0.2) is 30.3 Å². The minimum atomic E-state index is 0.979. The number of benzene rings is 1. The van der Waals surface area contributed by atoms with Crippen LogP contribution in [0.2, 0.25) is 0 Å². The van der Waals surface area contributed by atoms with Crippen molar-refractivity contribution in [2.45, 2.75) is 71.8 Å². The fourth-order valence-electron chi connectivity index (χ4n) is 2.86. The average Bonchev–Trinajstić information content (AvgIpc) is 2.95. The molecule has 0 aliphatic rings. The summed E-state index contributed by atoms with van der Waals surface area (Å²) < 4.78 is 2.11. The highest BCUT2D eigenvalue weighted by Gasteiger charge is 2.13. The first-order valence-corrected chi connectivity index (χ1v) is 8.84. The lowest BCUT2D eigenvalue weighted by Crippen LogP contribution is -2.03. The molecule has 0 N–H and O–H groups in total. The fourth-order valence-corrected chi connectivity index (χ4v) is 2.86. The quantitative estimate of drug-likeness (QED) is 0.560. The van der Waals surface area contributed by atoms with Crippen LogP contribution >= 0.6 is 0 Å². The Morgan fingerprint density at radius 3 is 2.32 bits per heavy atom. The molecular formula is C19H29N3. The van der Waals surface area contributed by atoms with E-state index in [1.165, 1.54) is 49.8 Å². The van der Waals surface area contributed by atoms with Gasteiger partial charge in [-0.2, -0.15) is 0 Å². The molecule has 0 bridgehead atoms. The third-order valence-corrected chi connectivity index (χ3v) is 4.06. The summed E-state index contributed by atoms with van der Waals surface area (Å²) >= 11 is 0. The highest BCUT2D eigenvalue weighted by Crippen LogP contribution is 2.23. The van der Waals surface area contributed by atoms with Gasteiger partial charge in [0.15, 0.2) is 0 Å². The topological polar surface area (TPSA) is 30.7 Å². The largest absolute Gasteiger partial charge is 0.244 e. The summed E-state index contributed by atoms with van der Waals surface area (Å²) in [6.45, 7) is 5.44. The van der Waals surface area contributed by atoms with E-state index in [0.717, 1.165) is 25.1 Å². The lowest BCUT2D eigenvalue weighted by atomic mass is 10.1. The van der Waals surface area contributed by atoms with E-state index in [2.05, 4.69) is 59.2 Å². The first-order valence-electron chi connectivity index (χ1n) is 8.84. The van der Waals surface area contributed by atoms with Crippen molar-refractivity contribution in [2.75, 3.05) is 0 Å². The van der Waals surface area contributed by atoms with E-state index >= 15 is 0 Å². The number of unbranched alkanes of at least 4 members (excludes halogenated alkanes) is 5. The standard InChI is InChI=1S/C19H29N3/c1-3-5-6-7-8-12-16-22-19(17-14-10-9-11-15-17)18(13-4-2)20-21-22/h9-11,14-15H,3-8,12-13,16H2,1-2H3. The van der Waals surface area contributed by atoms with Crippen LogP contribution in [0.3, 0.4) is 0 Å². The van der Waals surface area contributed by atoms with Crippen LogP contribution in [-0.4, -0.2) is 15.0 Å². The van der Waals surface area contributed by atoms with E-state index in [1.807, 2.05) is 0 Å². The van der Waals surface area contributed by atoms with Gasteiger partial charge < -0.3 is 0 Å². The first kappa shape index (κ1) is 16.7. The summed E-state index contributed by atoms with van der Waals surface area (Å²) in [6, 6.07) is 10.6. The predicted molar refractivity (Wildman–Crippen MR) is 92.8 cm³/mol. The molecule has 0 saturated heterocycles. The van der Waals surface area contributed by atoms with Crippen LogP contribution in [0, 0.1) is 0 Å². The molecule has 0 radical (unpaired) electrons. The molecule has 0 fully saturated rings. The van der Waals surface area contributed by atoms with Crippen LogP contribution in [-0.2, 0) is 13.0 Å². The second-order valence-electron chi connectivity index (χ2n) is 5.99. The number of aryl methyl sites for hydroxylation is 2.